The second kappa shape index (κ2) is 6.49. The van der Waals surface area contributed by atoms with Gasteiger partial charge in [0.25, 0.3) is 0 Å². The van der Waals surface area contributed by atoms with Gasteiger partial charge in [-0.05, 0) is 36.4 Å². The summed E-state index contributed by atoms with van der Waals surface area (Å²) in [6.07, 6.45) is 0. The highest BCUT2D eigenvalue weighted by atomic mass is 35.5. The summed E-state index contributed by atoms with van der Waals surface area (Å²) in [5.41, 5.74) is 0.649. The Morgan fingerprint density at radius 2 is 1.86 bits per heavy atom. The highest BCUT2D eigenvalue weighted by molar-refractivity contribution is 6.34. The molecule has 1 N–H and O–H groups in total. The lowest BCUT2D eigenvalue weighted by molar-refractivity contribution is -0.114. The van der Waals surface area contributed by atoms with E-state index in [1.807, 2.05) is 6.07 Å². The molecule has 0 aliphatic heterocycles. The van der Waals surface area contributed by atoms with Gasteiger partial charge in [0.1, 0.15) is 16.8 Å². The van der Waals surface area contributed by atoms with Gasteiger partial charge >= 0.3 is 0 Å². The zero-order valence-corrected chi connectivity index (χ0v) is 12.5. The largest absolute Gasteiger partial charge is 0.454 e. The number of ether oxygens (including phenoxy) is 1. The van der Waals surface area contributed by atoms with E-state index in [-0.39, 0.29) is 22.2 Å². The lowest BCUT2D eigenvalue weighted by Gasteiger charge is -2.14. The number of nitriles is 1. The first-order valence-corrected chi connectivity index (χ1v) is 6.70. The first kappa shape index (κ1) is 15.2. The van der Waals surface area contributed by atoms with Crippen LogP contribution in [0.4, 0.5) is 5.69 Å². The Hall–Kier alpha value is -2.22. The van der Waals surface area contributed by atoms with E-state index >= 15 is 0 Å². The molecule has 0 saturated carbocycles. The highest BCUT2D eigenvalue weighted by Gasteiger charge is 2.15. The van der Waals surface area contributed by atoms with Crippen molar-refractivity contribution in [2.24, 2.45) is 0 Å². The smallest absolute Gasteiger partial charge is 0.221 e. The van der Waals surface area contributed by atoms with Crippen molar-refractivity contribution >= 4 is 34.8 Å². The van der Waals surface area contributed by atoms with Crippen LogP contribution in [0.2, 0.25) is 10.0 Å². The Morgan fingerprint density at radius 1 is 1.19 bits per heavy atom. The molecule has 2 aromatic rings. The first-order valence-electron chi connectivity index (χ1n) is 5.95. The predicted molar refractivity (Wildman–Crippen MR) is 82.0 cm³/mol. The van der Waals surface area contributed by atoms with Crippen molar-refractivity contribution in [3.05, 3.63) is 52.0 Å². The molecule has 106 valence electrons. The van der Waals surface area contributed by atoms with E-state index in [4.69, 9.17) is 33.2 Å². The maximum Gasteiger partial charge on any atom is 0.221 e. The number of carbonyl (C=O) groups excluding carboxylic acids is 1. The van der Waals surface area contributed by atoms with Gasteiger partial charge in [-0.3, -0.25) is 4.79 Å². The molecule has 0 fully saturated rings. The van der Waals surface area contributed by atoms with Gasteiger partial charge in [0.15, 0.2) is 5.75 Å². The van der Waals surface area contributed by atoms with E-state index in [0.29, 0.717) is 16.5 Å². The van der Waals surface area contributed by atoms with Crippen molar-refractivity contribution < 1.29 is 9.53 Å². The van der Waals surface area contributed by atoms with Crippen molar-refractivity contribution in [2.45, 2.75) is 6.92 Å². The average molecular weight is 321 g/mol. The summed E-state index contributed by atoms with van der Waals surface area (Å²) < 4.78 is 5.68. The van der Waals surface area contributed by atoms with Crippen molar-refractivity contribution in [1.29, 1.82) is 5.26 Å². The van der Waals surface area contributed by atoms with Crippen LogP contribution >= 0.6 is 23.2 Å². The third kappa shape index (κ3) is 3.66. The second-order valence-corrected chi connectivity index (χ2v) is 4.97. The number of nitrogens with zero attached hydrogens (tertiary/aromatic N) is 1. The van der Waals surface area contributed by atoms with Gasteiger partial charge in [-0.1, -0.05) is 23.2 Å². The SMILES string of the molecule is CC(=O)Nc1ccc(C#N)c(Cl)c1Oc1ccc(Cl)cc1. The molecule has 0 aliphatic rings. The molecule has 0 saturated heterocycles. The minimum atomic E-state index is -0.267. The molecule has 1 amide bonds. The molecule has 0 aromatic heterocycles. The molecule has 0 atom stereocenters. The van der Waals surface area contributed by atoms with Crippen molar-refractivity contribution in [1.82, 2.24) is 0 Å². The first-order chi connectivity index (χ1) is 10.0. The molecule has 0 spiro atoms. The van der Waals surface area contributed by atoms with Crippen LogP contribution in [-0.4, -0.2) is 5.91 Å². The van der Waals surface area contributed by atoms with Crippen LogP contribution in [0.25, 0.3) is 0 Å². The number of benzene rings is 2. The molecule has 0 bridgehead atoms. The standard InChI is InChI=1S/C15H10Cl2N2O2/c1-9(20)19-13-7-2-10(8-18)14(17)15(13)21-12-5-3-11(16)4-6-12/h2-7H,1H3,(H,19,20). The molecular formula is C15H10Cl2N2O2. The van der Waals surface area contributed by atoms with E-state index in [1.165, 1.54) is 13.0 Å². The molecule has 21 heavy (non-hydrogen) atoms. The van der Waals surface area contributed by atoms with Gasteiger partial charge < -0.3 is 10.1 Å². The maximum atomic E-state index is 11.2. The fraction of sp³-hybridized carbons (Fsp3) is 0.0667. The lowest BCUT2D eigenvalue weighted by atomic mass is 10.2. The summed E-state index contributed by atoms with van der Waals surface area (Å²) in [6.45, 7) is 1.37. The molecular weight excluding hydrogens is 311 g/mol. The van der Waals surface area contributed by atoms with Crippen LogP contribution in [0, 0.1) is 11.3 Å². The van der Waals surface area contributed by atoms with E-state index in [0.717, 1.165) is 0 Å². The fourth-order valence-corrected chi connectivity index (χ4v) is 2.02. The number of anilines is 1. The normalized spacial score (nSPS) is 9.81. The third-order valence-corrected chi connectivity index (χ3v) is 3.19. The minimum absolute atomic E-state index is 0.138. The van der Waals surface area contributed by atoms with Gasteiger partial charge in [-0.25, -0.2) is 0 Å². The van der Waals surface area contributed by atoms with Crippen molar-refractivity contribution in [2.75, 3.05) is 5.32 Å². The number of hydrogen-bond acceptors (Lipinski definition) is 3. The topological polar surface area (TPSA) is 62.1 Å². The molecule has 0 radical (unpaired) electrons. The Bertz CT molecular complexity index is 722. The summed E-state index contributed by atoms with van der Waals surface area (Å²) in [4.78, 5) is 11.2. The van der Waals surface area contributed by atoms with Gasteiger partial charge in [0, 0.05) is 11.9 Å². The number of halogens is 2. The van der Waals surface area contributed by atoms with E-state index < -0.39 is 0 Å². The summed E-state index contributed by atoms with van der Waals surface area (Å²) >= 11 is 12.0. The van der Waals surface area contributed by atoms with Gasteiger partial charge in [0.05, 0.1) is 11.3 Å². The zero-order chi connectivity index (χ0) is 15.4. The van der Waals surface area contributed by atoms with Crippen molar-refractivity contribution in [3.8, 4) is 17.6 Å². The summed E-state index contributed by atoms with van der Waals surface area (Å²) in [7, 11) is 0. The Kier molecular flexibility index (Phi) is 4.69. The predicted octanol–water partition coefficient (Wildman–Crippen LogP) is 4.62. The Labute approximate surface area is 131 Å². The van der Waals surface area contributed by atoms with Crippen LogP contribution in [0.3, 0.4) is 0 Å². The number of nitrogens with one attached hydrogen (secondary N) is 1. The lowest BCUT2D eigenvalue weighted by Crippen LogP contribution is -2.07. The van der Waals surface area contributed by atoms with Crippen molar-refractivity contribution in [3.63, 3.8) is 0 Å². The van der Waals surface area contributed by atoms with Gasteiger partial charge in [0.2, 0.25) is 5.91 Å². The third-order valence-electron chi connectivity index (χ3n) is 2.56. The average Bonchev–Trinajstić information content (AvgIpc) is 2.44. The molecule has 6 heteroatoms. The molecule has 2 aromatic carbocycles. The van der Waals surface area contributed by atoms with Gasteiger partial charge in [-0.15, -0.1) is 0 Å². The zero-order valence-electron chi connectivity index (χ0n) is 11.0. The van der Waals surface area contributed by atoms with E-state index in [1.54, 1.807) is 30.3 Å². The summed E-state index contributed by atoms with van der Waals surface area (Å²) in [5, 5.41) is 12.3. The summed E-state index contributed by atoms with van der Waals surface area (Å²) in [5.74, 6) is 0.438. The van der Waals surface area contributed by atoms with Gasteiger partial charge in [-0.2, -0.15) is 5.26 Å². The van der Waals surface area contributed by atoms with Crippen LogP contribution in [0.5, 0.6) is 11.5 Å². The fourth-order valence-electron chi connectivity index (χ4n) is 1.65. The number of rotatable bonds is 3. The minimum Gasteiger partial charge on any atom is -0.454 e. The number of amides is 1. The van der Waals surface area contributed by atoms with Crippen LogP contribution in [0.1, 0.15) is 12.5 Å². The molecule has 0 unspecified atom stereocenters. The Balaban J connectivity index is 2.45. The molecule has 0 aliphatic carbocycles. The van der Waals surface area contributed by atoms with E-state index in [2.05, 4.69) is 5.32 Å². The second-order valence-electron chi connectivity index (χ2n) is 4.15. The highest BCUT2D eigenvalue weighted by Crippen LogP contribution is 2.39. The van der Waals surface area contributed by atoms with Crippen LogP contribution in [0.15, 0.2) is 36.4 Å². The quantitative estimate of drug-likeness (QED) is 0.897. The molecule has 2 rings (SSSR count). The Morgan fingerprint density at radius 3 is 2.43 bits per heavy atom. The van der Waals surface area contributed by atoms with E-state index in [9.17, 15) is 4.79 Å². The molecule has 0 heterocycles. The van der Waals surface area contributed by atoms with Crippen LogP contribution < -0.4 is 10.1 Å². The van der Waals surface area contributed by atoms with Crippen LogP contribution in [-0.2, 0) is 4.79 Å². The monoisotopic (exact) mass is 320 g/mol. The number of hydrogen-bond donors (Lipinski definition) is 1. The number of carbonyl (C=O) groups is 1. The maximum absolute atomic E-state index is 11.2. The molecule has 4 nitrogen and oxygen atoms in total. The summed E-state index contributed by atoms with van der Waals surface area (Å²) in [6, 6.07) is 11.7.